The topological polar surface area (TPSA) is 42.8 Å². The monoisotopic (exact) mass is 572 g/mol. The first-order valence-corrected chi connectivity index (χ1v) is 15.2. The minimum Gasteiger partial charge on any atom is -0.485 e. The molecule has 0 unspecified atom stereocenters. The minimum absolute atomic E-state index is 0.0265. The van der Waals surface area contributed by atoms with Crippen LogP contribution >= 0.6 is 11.8 Å². The van der Waals surface area contributed by atoms with Gasteiger partial charge in [0.05, 0.1) is 6.04 Å². The first-order valence-electron chi connectivity index (χ1n) is 14.2. The lowest BCUT2D eigenvalue weighted by Gasteiger charge is -2.15. The number of hydrogen-bond donors (Lipinski definition) is 1. The first kappa shape index (κ1) is 29.0. The third-order valence-electron chi connectivity index (χ3n) is 6.73. The van der Waals surface area contributed by atoms with Crippen LogP contribution in [0.2, 0.25) is 0 Å². The molecule has 42 heavy (non-hydrogen) atoms. The van der Waals surface area contributed by atoms with Crippen LogP contribution in [-0.4, -0.2) is 11.2 Å². The fourth-order valence-corrected chi connectivity index (χ4v) is 5.44. The van der Waals surface area contributed by atoms with Gasteiger partial charge in [-0.25, -0.2) is 0 Å². The van der Waals surface area contributed by atoms with Gasteiger partial charge in [0.15, 0.2) is 16.7 Å². The summed E-state index contributed by atoms with van der Waals surface area (Å²) in [4.78, 5) is 5.07. The van der Waals surface area contributed by atoms with Crippen LogP contribution in [0.5, 0.6) is 11.5 Å². The molecule has 0 bridgehead atoms. The van der Waals surface area contributed by atoms with Crippen LogP contribution in [0.4, 0.5) is 0 Å². The lowest BCUT2D eigenvalue weighted by atomic mass is 10.0. The molecule has 0 aliphatic carbocycles. The molecule has 0 spiro atoms. The van der Waals surface area contributed by atoms with Crippen LogP contribution < -0.4 is 14.8 Å². The van der Waals surface area contributed by atoms with E-state index in [1.54, 1.807) is 11.8 Å². The second kappa shape index (κ2) is 15.5. The number of aliphatic imine (C=N–C) groups is 1. The highest BCUT2D eigenvalue weighted by Crippen LogP contribution is 2.33. The molecule has 1 heterocycles. The molecule has 0 saturated heterocycles. The van der Waals surface area contributed by atoms with Gasteiger partial charge in [0, 0.05) is 5.75 Å². The van der Waals surface area contributed by atoms with Gasteiger partial charge in [-0.3, -0.25) is 4.99 Å². The summed E-state index contributed by atoms with van der Waals surface area (Å²) in [6, 6.07) is 37.2. The zero-order valence-electron chi connectivity index (χ0n) is 23.8. The average Bonchev–Trinajstić information content (AvgIpc) is 3.46. The fourth-order valence-electron chi connectivity index (χ4n) is 4.55. The van der Waals surface area contributed by atoms with Crippen molar-refractivity contribution in [2.45, 2.75) is 38.0 Å². The lowest BCUT2D eigenvalue weighted by molar-refractivity contribution is 0.256. The summed E-state index contributed by atoms with van der Waals surface area (Å²) in [5, 5.41) is 4.57. The van der Waals surface area contributed by atoms with E-state index in [0.29, 0.717) is 13.2 Å². The van der Waals surface area contributed by atoms with E-state index in [2.05, 4.69) is 78.1 Å². The van der Waals surface area contributed by atoms with Crippen LogP contribution in [0, 0.1) is 0 Å². The number of benzene rings is 4. The Hall–Kier alpha value is -4.48. The normalized spacial score (nSPS) is 16.6. The van der Waals surface area contributed by atoms with E-state index in [9.17, 15) is 0 Å². The second-order valence-electron chi connectivity index (χ2n) is 9.87. The van der Waals surface area contributed by atoms with E-state index >= 15 is 0 Å². The van der Waals surface area contributed by atoms with E-state index in [1.807, 2.05) is 79.8 Å². The van der Waals surface area contributed by atoms with Crippen molar-refractivity contribution >= 4 is 16.9 Å². The number of nitrogens with one attached hydrogen (secondary N) is 1. The van der Waals surface area contributed by atoms with Crippen molar-refractivity contribution in [2.24, 2.45) is 4.99 Å². The van der Waals surface area contributed by atoms with Gasteiger partial charge < -0.3 is 14.8 Å². The Bertz CT molecular complexity index is 1520. The SMILES string of the molecule is C\C=C/C=C\C=C\[C@@H]1NC(SCc2ccc(OCc3ccccc3)c(OCc3ccccc3)c2)=N[C@@H]1c1ccccc1. The quantitative estimate of drug-likeness (QED) is 0.172. The second-order valence-corrected chi connectivity index (χ2v) is 10.8. The molecule has 5 heteroatoms. The van der Waals surface area contributed by atoms with Crippen molar-refractivity contribution < 1.29 is 9.47 Å². The van der Waals surface area contributed by atoms with Crippen molar-refractivity contribution in [3.8, 4) is 11.5 Å². The molecule has 1 N–H and O–H groups in total. The molecule has 0 fully saturated rings. The number of ether oxygens (including phenoxy) is 2. The van der Waals surface area contributed by atoms with E-state index in [1.165, 1.54) is 5.56 Å². The molecule has 0 saturated carbocycles. The maximum atomic E-state index is 6.29. The van der Waals surface area contributed by atoms with Gasteiger partial charge in [-0.1, -0.05) is 145 Å². The highest BCUT2D eigenvalue weighted by Gasteiger charge is 2.28. The van der Waals surface area contributed by atoms with Gasteiger partial charge in [-0.15, -0.1) is 0 Å². The van der Waals surface area contributed by atoms with Crippen molar-refractivity contribution in [3.63, 3.8) is 0 Å². The zero-order valence-corrected chi connectivity index (χ0v) is 24.6. The molecular weight excluding hydrogens is 536 g/mol. The van der Waals surface area contributed by atoms with Gasteiger partial charge in [-0.05, 0) is 41.3 Å². The number of allylic oxidation sites excluding steroid dienone is 5. The van der Waals surface area contributed by atoms with Gasteiger partial charge in [0.25, 0.3) is 0 Å². The predicted octanol–water partition coefficient (Wildman–Crippen LogP) is 8.84. The van der Waals surface area contributed by atoms with E-state index in [-0.39, 0.29) is 12.1 Å². The number of hydrogen-bond acceptors (Lipinski definition) is 5. The molecule has 4 nitrogen and oxygen atoms in total. The Morgan fingerprint density at radius 1 is 0.690 bits per heavy atom. The first-order chi connectivity index (χ1) is 20.8. The molecule has 1 aliphatic rings. The summed E-state index contributed by atoms with van der Waals surface area (Å²) in [6.45, 7) is 2.97. The van der Waals surface area contributed by atoms with Crippen LogP contribution in [0.3, 0.4) is 0 Å². The van der Waals surface area contributed by atoms with Crippen LogP contribution in [-0.2, 0) is 19.0 Å². The largest absolute Gasteiger partial charge is 0.485 e. The molecule has 5 rings (SSSR count). The van der Waals surface area contributed by atoms with Crippen LogP contribution in [0.25, 0.3) is 0 Å². The third-order valence-corrected chi connectivity index (χ3v) is 7.70. The highest BCUT2D eigenvalue weighted by molar-refractivity contribution is 8.13. The van der Waals surface area contributed by atoms with E-state index in [0.717, 1.165) is 39.1 Å². The highest BCUT2D eigenvalue weighted by atomic mass is 32.2. The summed E-state index contributed by atoms with van der Waals surface area (Å²) in [7, 11) is 0. The number of rotatable bonds is 12. The summed E-state index contributed by atoms with van der Waals surface area (Å²) >= 11 is 1.71. The molecule has 212 valence electrons. The van der Waals surface area contributed by atoms with Crippen molar-refractivity contribution in [1.82, 2.24) is 5.32 Å². The molecule has 4 aromatic rings. The average molecular weight is 573 g/mol. The Balaban J connectivity index is 1.29. The third kappa shape index (κ3) is 8.51. The molecule has 1 aliphatic heterocycles. The van der Waals surface area contributed by atoms with Gasteiger partial charge >= 0.3 is 0 Å². The minimum atomic E-state index is 0.0265. The van der Waals surface area contributed by atoms with Crippen molar-refractivity contribution in [3.05, 3.63) is 168 Å². The number of thioether (sulfide) groups is 1. The van der Waals surface area contributed by atoms with Crippen molar-refractivity contribution in [1.29, 1.82) is 0 Å². The number of nitrogens with zero attached hydrogens (tertiary/aromatic N) is 1. The van der Waals surface area contributed by atoms with Crippen molar-refractivity contribution in [2.75, 3.05) is 0 Å². The maximum absolute atomic E-state index is 6.29. The maximum Gasteiger partial charge on any atom is 0.162 e. The Morgan fingerprint density at radius 3 is 1.98 bits per heavy atom. The summed E-state index contributed by atoms with van der Waals surface area (Å²) in [5.41, 5.74) is 4.57. The Kier molecular flexibility index (Phi) is 10.7. The Labute approximate surface area is 253 Å². The van der Waals surface area contributed by atoms with E-state index in [4.69, 9.17) is 14.5 Å². The van der Waals surface area contributed by atoms with Gasteiger partial charge in [-0.2, -0.15) is 0 Å². The smallest absolute Gasteiger partial charge is 0.162 e. The van der Waals surface area contributed by atoms with Gasteiger partial charge in [0.2, 0.25) is 0 Å². The van der Waals surface area contributed by atoms with E-state index < -0.39 is 0 Å². The molecular formula is C37H36N2O2S. The lowest BCUT2D eigenvalue weighted by Crippen LogP contribution is -2.28. The van der Waals surface area contributed by atoms with Crippen LogP contribution in [0.1, 0.15) is 35.2 Å². The van der Waals surface area contributed by atoms with Gasteiger partial charge in [0.1, 0.15) is 19.3 Å². The van der Waals surface area contributed by atoms with Crippen LogP contribution in [0.15, 0.2) is 151 Å². The fraction of sp³-hybridized carbons (Fsp3) is 0.162. The zero-order chi connectivity index (χ0) is 28.8. The molecule has 0 radical (unpaired) electrons. The molecule has 0 amide bonds. The Morgan fingerprint density at radius 2 is 1.31 bits per heavy atom. The predicted molar refractivity (Wildman–Crippen MR) is 176 cm³/mol. The number of amidine groups is 1. The summed E-state index contributed by atoms with van der Waals surface area (Å²) < 4.78 is 12.5. The molecule has 2 atom stereocenters. The summed E-state index contributed by atoms with van der Waals surface area (Å²) in [6.07, 6.45) is 12.4. The molecule has 4 aromatic carbocycles. The summed E-state index contributed by atoms with van der Waals surface area (Å²) in [5.74, 6) is 2.23. The standard InChI is InChI=1S/C37H36N2O2S/c1-2-3-4-5-15-22-33-36(32-20-13-8-14-21-32)39-37(38-33)42-28-31-23-24-34(40-26-29-16-9-6-10-17-29)35(25-31)41-27-30-18-11-7-12-19-30/h2-25,33,36H,26-28H2,1H3,(H,38,39)/b3-2-,5-4-,22-15+/t33-,36+/m0/s1. The molecule has 0 aromatic heterocycles.